The number of fused-ring (bicyclic) bond motifs is 1. The number of imide groups is 1. The molecule has 1 aliphatic heterocycles. The van der Waals surface area contributed by atoms with Crippen molar-refractivity contribution < 1.29 is 19.1 Å². The van der Waals surface area contributed by atoms with Gasteiger partial charge in [-0.3, -0.25) is 19.3 Å². The zero-order chi connectivity index (χ0) is 20.9. The molecule has 1 heterocycles. The lowest BCUT2D eigenvalue weighted by Gasteiger charge is -2.18. The fourth-order valence-corrected chi connectivity index (χ4v) is 3.72. The first-order valence-corrected chi connectivity index (χ1v) is 9.86. The summed E-state index contributed by atoms with van der Waals surface area (Å²) in [4.78, 5) is 38.5. The third-order valence-electron chi connectivity index (χ3n) is 5.23. The van der Waals surface area contributed by atoms with Gasteiger partial charge in [-0.2, -0.15) is 0 Å². The molecule has 150 valence electrons. The maximum absolute atomic E-state index is 12.5. The normalized spacial score (nSPS) is 12.9. The molecule has 0 spiro atoms. The van der Waals surface area contributed by atoms with Crippen LogP contribution in [0.5, 0.6) is 0 Å². The van der Waals surface area contributed by atoms with Gasteiger partial charge < -0.3 is 4.74 Å². The lowest BCUT2D eigenvalue weighted by atomic mass is 9.89. The average Bonchev–Trinajstić information content (AvgIpc) is 3.04. The third-order valence-corrected chi connectivity index (χ3v) is 5.23. The predicted octanol–water partition coefficient (Wildman–Crippen LogP) is 4.05. The van der Waals surface area contributed by atoms with Gasteiger partial charge in [0.15, 0.2) is 0 Å². The fraction of sp³-hybridized carbons (Fsp3) is 0.160. The molecule has 0 aliphatic carbocycles. The van der Waals surface area contributed by atoms with Gasteiger partial charge in [0.1, 0.15) is 6.61 Å². The second kappa shape index (κ2) is 8.74. The van der Waals surface area contributed by atoms with Crippen LogP contribution in [-0.4, -0.2) is 35.8 Å². The van der Waals surface area contributed by atoms with Crippen molar-refractivity contribution in [1.29, 1.82) is 0 Å². The van der Waals surface area contributed by atoms with Gasteiger partial charge in [0.2, 0.25) is 0 Å². The average molecular weight is 399 g/mol. The van der Waals surface area contributed by atoms with Crippen LogP contribution in [0, 0.1) is 0 Å². The second-order valence-electron chi connectivity index (χ2n) is 7.11. The SMILES string of the molecule is O=C(CC(c1ccccc1)c1ccccc1)OCCN1C(=O)c2ccccc2C1=O. The molecule has 0 unspecified atom stereocenters. The van der Waals surface area contributed by atoms with Crippen LogP contribution in [0.25, 0.3) is 0 Å². The predicted molar refractivity (Wildman–Crippen MR) is 112 cm³/mol. The van der Waals surface area contributed by atoms with E-state index in [4.69, 9.17) is 4.74 Å². The number of ether oxygens (including phenoxy) is 1. The van der Waals surface area contributed by atoms with Gasteiger partial charge in [-0.15, -0.1) is 0 Å². The Bertz CT molecular complexity index is 988. The first-order chi connectivity index (χ1) is 14.6. The van der Waals surface area contributed by atoms with Gasteiger partial charge in [-0.05, 0) is 23.3 Å². The van der Waals surface area contributed by atoms with Crippen molar-refractivity contribution in [3.05, 3.63) is 107 Å². The number of esters is 1. The van der Waals surface area contributed by atoms with E-state index in [2.05, 4.69) is 0 Å². The maximum atomic E-state index is 12.5. The van der Waals surface area contributed by atoms with Crippen LogP contribution in [0.3, 0.4) is 0 Å². The van der Waals surface area contributed by atoms with Gasteiger partial charge in [0.25, 0.3) is 11.8 Å². The molecule has 1 aliphatic rings. The van der Waals surface area contributed by atoms with E-state index in [0.29, 0.717) is 11.1 Å². The molecule has 30 heavy (non-hydrogen) atoms. The molecule has 0 radical (unpaired) electrons. The van der Waals surface area contributed by atoms with Crippen LogP contribution in [0.2, 0.25) is 0 Å². The summed E-state index contributed by atoms with van der Waals surface area (Å²) in [5, 5.41) is 0. The van der Waals surface area contributed by atoms with Crippen LogP contribution in [-0.2, 0) is 9.53 Å². The molecule has 0 aromatic heterocycles. The lowest BCUT2D eigenvalue weighted by molar-refractivity contribution is -0.144. The van der Waals surface area contributed by atoms with Gasteiger partial charge in [0.05, 0.1) is 24.1 Å². The highest BCUT2D eigenvalue weighted by molar-refractivity contribution is 6.21. The van der Waals surface area contributed by atoms with Gasteiger partial charge in [-0.1, -0.05) is 72.8 Å². The highest BCUT2D eigenvalue weighted by atomic mass is 16.5. The van der Waals surface area contributed by atoms with E-state index in [1.807, 2.05) is 60.7 Å². The van der Waals surface area contributed by atoms with E-state index in [-0.39, 0.29) is 43.3 Å². The Morgan fingerprint density at radius 2 is 1.20 bits per heavy atom. The van der Waals surface area contributed by atoms with Crippen LogP contribution in [0.1, 0.15) is 44.2 Å². The lowest BCUT2D eigenvalue weighted by Crippen LogP contribution is -2.33. The molecular formula is C25H21NO4. The molecule has 0 saturated heterocycles. The van der Waals surface area contributed by atoms with Crippen molar-refractivity contribution in [2.45, 2.75) is 12.3 Å². The standard InChI is InChI=1S/C25H21NO4/c27-23(17-22(18-9-3-1-4-10-18)19-11-5-2-6-12-19)30-16-15-26-24(28)20-13-7-8-14-21(20)25(26)29/h1-14,22H,15-17H2. The van der Waals surface area contributed by atoms with Crippen molar-refractivity contribution in [3.63, 3.8) is 0 Å². The number of hydrogen-bond donors (Lipinski definition) is 0. The summed E-state index contributed by atoms with van der Waals surface area (Å²) in [6, 6.07) is 26.3. The second-order valence-corrected chi connectivity index (χ2v) is 7.11. The summed E-state index contributed by atoms with van der Waals surface area (Å²) >= 11 is 0. The number of nitrogens with zero attached hydrogens (tertiary/aromatic N) is 1. The van der Waals surface area contributed by atoms with Crippen LogP contribution < -0.4 is 0 Å². The Labute approximate surface area is 174 Å². The zero-order valence-electron chi connectivity index (χ0n) is 16.4. The zero-order valence-corrected chi connectivity index (χ0v) is 16.4. The van der Waals surface area contributed by atoms with Crippen LogP contribution in [0.4, 0.5) is 0 Å². The van der Waals surface area contributed by atoms with Crippen LogP contribution in [0.15, 0.2) is 84.9 Å². The van der Waals surface area contributed by atoms with Crippen molar-refractivity contribution in [2.24, 2.45) is 0 Å². The summed E-state index contributed by atoms with van der Waals surface area (Å²) in [5.41, 5.74) is 2.84. The van der Waals surface area contributed by atoms with Crippen molar-refractivity contribution >= 4 is 17.8 Å². The monoisotopic (exact) mass is 399 g/mol. The molecule has 4 rings (SSSR count). The Hall–Kier alpha value is -3.73. The largest absolute Gasteiger partial charge is 0.464 e. The van der Waals surface area contributed by atoms with E-state index in [0.717, 1.165) is 16.0 Å². The van der Waals surface area contributed by atoms with E-state index in [1.54, 1.807) is 24.3 Å². The molecule has 2 amide bonds. The van der Waals surface area contributed by atoms with E-state index in [1.165, 1.54) is 0 Å². The Balaban J connectivity index is 1.38. The topological polar surface area (TPSA) is 63.7 Å². The number of benzene rings is 3. The maximum Gasteiger partial charge on any atom is 0.306 e. The summed E-state index contributed by atoms with van der Waals surface area (Å²) in [7, 11) is 0. The first-order valence-electron chi connectivity index (χ1n) is 9.86. The smallest absolute Gasteiger partial charge is 0.306 e. The number of amides is 2. The summed E-state index contributed by atoms with van der Waals surface area (Å²) in [6.07, 6.45) is 0.177. The minimum absolute atomic E-state index is 0.0272. The summed E-state index contributed by atoms with van der Waals surface area (Å²) < 4.78 is 5.39. The minimum Gasteiger partial charge on any atom is -0.464 e. The van der Waals surface area contributed by atoms with Gasteiger partial charge >= 0.3 is 5.97 Å². The van der Waals surface area contributed by atoms with E-state index in [9.17, 15) is 14.4 Å². The van der Waals surface area contributed by atoms with E-state index >= 15 is 0 Å². The molecule has 3 aromatic carbocycles. The molecular weight excluding hydrogens is 378 g/mol. The number of carbonyl (C=O) groups is 3. The molecule has 0 bridgehead atoms. The quantitative estimate of drug-likeness (QED) is 0.444. The Morgan fingerprint density at radius 1 is 0.733 bits per heavy atom. The number of carbonyl (C=O) groups excluding carboxylic acids is 3. The molecule has 0 saturated carbocycles. The van der Waals surface area contributed by atoms with E-state index < -0.39 is 0 Å². The molecule has 0 N–H and O–H groups in total. The minimum atomic E-state index is -0.371. The fourth-order valence-electron chi connectivity index (χ4n) is 3.72. The summed E-state index contributed by atoms with van der Waals surface area (Å²) in [6.45, 7) is 0.0139. The third kappa shape index (κ3) is 4.01. The van der Waals surface area contributed by atoms with Crippen molar-refractivity contribution in [2.75, 3.05) is 13.2 Å². The highest BCUT2D eigenvalue weighted by Gasteiger charge is 2.34. The number of hydrogen-bond acceptors (Lipinski definition) is 4. The molecule has 3 aromatic rings. The van der Waals surface area contributed by atoms with Crippen molar-refractivity contribution in [3.8, 4) is 0 Å². The molecule has 5 nitrogen and oxygen atoms in total. The number of rotatable bonds is 7. The van der Waals surface area contributed by atoms with Crippen LogP contribution >= 0.6 is 0 Å². The van der Waals surface area contributed by atoms with Crippen molar-refractivity contribution in [1.82, 2.24) is 4.90 Å². The first kappa shape index (κ1) is 19.6. The van der Waals surface area contributed by atoms with Gasteiger partial charge in [-0.25, -0.2) is 0 Å². The molecule has 0 fully saturated rings. The molecule has 5 heteroatoms. The highest BCUT2D eigenvalue weighted by Crippen LogP contribution is 2.28. The van der Waals surface area contributed by atoms with Gasteiger partial charge in [0, 0.05) is 5.92 Å². The molecule has 0 atom stereocenters. The summed E-state index contributed by atoms with van der Waals surface area (Å²) in [5.74, 6) is -1.19. The Kier molecular flexibility index (Phi) is 5.70. The Morgan fingerprint density at radius 3 is 1.70 bits per heavy atom.